The van der Waals surface area contributed by atoms with E-state index in [0.717, 1.165) is 29.5 Å². The van der Waals surface area contributed by atoms with E-state index in [-0.39, 0.29) is 17.9 Å². The number of hydrogen-bond acceptors (Lipinski definition) is 4. The second-order valence-corrected chi connectivity index (χ2v) is 8.15. The highest BCUT2D eigenvalue weighted by atomic mass is 16.5. The molecule has 1 saturated heterocycles. The number of carbonyl (C=O) groups excluding carboxylic acids is 2. The molecule has 1 aromatic heterocycles. The van der Waals surface area contributed by atoms with Crippen LogP contribution in [0.5, 0.6) is 5.75 Å². The Balaban J connectivity index is 1.58. The summed E-state index contributed by atoms with van der Waals surface area (Å²) >= 11 is 0. The molecule has 0 unspecified atom stereocenters. The van der Waals surface area contributed by atoms with Crippen molar-refractivity contribution in [2.45, 2.75) is 25.5 Å². The molecule has 0 bridgehead atoms. The minimum absolute atomic E-state index is 0.103. The van der Waals surface area contributed by atoms with Crippen LogP contribution < -0.4 is 10.1 Å². The van der Waals surface area contributed by atoms with Crippen molar-refractivity contribution in [3.8, 4) is 16.9 Å². The largest absolute Gasteiger partial charge is 0.488 e. The molecule has 0 saturated carbocycles. The van der Waals surface area contributed by atoms with Crippen molar-refractivity contribution in [2.24, 2.45) is 7.05 Å². The first kappa shape index (κ1) is 22.3. The standard InChI is InChI=1S/C26H28N4O3/c1-3-25(31)30-13-7-10-22(18-30)33-24-14-20(21-16-28-29(2)17-21)11-12-23(24)26(32)27-15-19-8-5-4-6-9-19/h3-6,8-9,11-12,14,16-17,22H,1,7,10,13,15,18H2,2H3,(H,27,32)/t22-/m1/s1. The number of likely N-dealkylation sites (tertiary alicyclic amines) is 1. The summed E-state index contributed by atoms with van der Waals surface area (Å²) in [5.41, 5.74) is 3.33. The summed E-state index contributed by atoms with van der Waals surface area (Å²) in [4.78, 5) is 26.9. The fraction of sp³-hybridized carbons (Fsp3) is 0.269. The quantitative estimate of drug-likeness (QED) is 0.565. The zero-order valence-electron chi connectivity index (χ0n) is 18.7. The number of aryl methyl sites for hydroxylation is 1. The molecule has 4 rings (SSSR count). The van der Waals surface area contributed by atoms with Crippen LogP contribution in [0.4, 0.5) is 0 Å². The third-order valence-electron chi connectivity index (χ3n) is 5.72. The molecule has 1 fully saturated rings. The van der Waals surface area contributed by atoms with Crippen LogP contribution in [0.15, 0.2) is 73.6 Å². The Kier molecular flexibility index (Phi) is 6.88. The van der Waals surface area contributed by atoms with E-state index in [1.54, 1.807) is 21.8 Å². The second-order valence-electron chi connectivity index (χ2n) is 8.15. The van der Waals surface area contributed by atoms with Gasteiger partial charge < -0.3 is 15.0 Å². The first-order valence-electron chi connectivity index (χ1n) is 11.1. The summed E-state index contributed by atoms with van der Waals surface area (Å²) in [6.07, 6.45) is 6.46. The highest BCUT2D eigenvalue weighted by molar-refractivity contribution is 5.97. The zero-order valence-corrected chi connectivity index (χ0v) is 18.7. The Morgan fingerprint density at radius 3 is 2.76 bits per heavy atom. The van der Waals surface area contributed by atoms with Crippen molar-refractivity contribution in [1.29, 1.82) is 0 Å². The second kappa shape index (κ2) is 10.2. The molecule has 7 heteroatoms. The Morgan fingerprint density at radius 1 is 1.21 bits per heavy atom. The number of rotatable bonds is 7. The SMILES string of the molecule is C=CC(=O)N1CCC[C@@H](Oc2cc(-c3cnn(C)c3)ccc2C(=O)NCc2ccccc2)C1. The van der Waals surface area contributed by atoms with Gasteiger partial charge in [-0.1, -0.05) is 43.0 Å². The molecule has 1 atom stereocenters. The van der Waals surface area contributed by atoms with E-state index >= 15 is 0 Å². The maximum absolute atomic E-state index is 13.1. The van der Waals surface area contributed by atoms with E-state index in [1.165, 1.54) is 6.08 Å². The van der Waals surface area contributed by atoms with E-state index in [0.29, 0.717) is 30.9 Å². The van der Waals surface area contributed by atoms with E-state index < -0.39 is 0 Å². The fourth-order valence-corrected chi connectivity index (χ4v) is 3.97. The van der Waals surface area contributed by atoms with Crippen LogP contribution in [0, 0.1) is 0 Å². The van der Waals surface area contributed by atoms with Crippen LogP contribution in [0.1, 0.15) is 28.8 Å². The van der Waals surface area contributed by atoms with Gasteiger partial charge in [0.05, 0.1) is 18.3 Å². The minimum atomic E-state index is -0.207. The lowest BCUT2D eigenvalue weighted by molar-refractivity contribution is -0.128. The summed E-state index contributed by atoms with van der Waals surface area (Å²) in [6.45, 7) is 5.16. The number of nitrogens with zero attached hydrogens (tertiary/aromatic N) is 3. The molecule has 0 spiro atoms. The first-order valence-corrected chi connectivity index (χ1v) is 11.1. The van der Waals surface area contributed by atoms with Crippen molar-refractivity contribution in [3.63, 3.8) is 0 Å². The van der Waals surface area contributed by atoms with E-state index in [4.69, 9.17) is 4.74 Å². The molecule has 33 heavy (non-hydrogen) atoms. The summed E-state index contributed by atoms with van der Waals surface area (Å²) in [7, 11) is 1.86. The van der Waals surface area contributed by atoms with Gasteiger partial charge in [0.1, 0.15) is 11.9 Å². The van der Waals surface area contributed by atoms with Crippen molar-refractivity contribution in [3.05, 3.63) is 84.7 Å². The number of ether oxygens (including phenoxy) is 1. The topological polar surface area (TPSA) is 76.5 Å². The number of hydrogen-bond donors (Lipinski definition) is 1. The summed E-state index contributed by atoms with van der Waals surface area (Å²) in [5, 5.41) is 7.22. The smallest absolute Gasteiger partial charge is 0.255 e. The van der Waals surface area contributed by atoms with Gasteiger partial charge in [-0.15, -0.1) is 0 Å². The predicted molar refractivity (Wildman–Crippen MR) is 127 cm³/mol. The molecular weight excluding hydrogens is 416 g/mol. The molecule has 3 aromatic rings. The molecule has 170 valence electrons. The monoisotopic (exact) mass is 444 g/mol. The van der Waals surface area contributed by atoms with Gasteiger partial charge in [0.2, 0.25) is 5.91 Å². The van der Waals surface area contributed by atoms with Gasteiger partial charge in [-0.3, -0.25) is 14.3 Å². The van der Waals surface area contributed by atoms with Crippen LogP contribution in [0.3, 0.4) is 0 Å². The lowest BCUT2D eigenvalue weighted by atomic mass is 10.0. The van der Waals surface area contributed by atoms with Crippen molar-refractivity contribution in [1.82, 2.24) is 20.0 Å². The van der Waals surface area contributed by atoms with E-state index in [2.05, 4.69) is 17.0 Å². The maximum atomic E-state index is 13.1. The molecule has 2 heterocycles. The number of piperidine rings is 1. The van der Waals surface area contributed by atoms with Gasteiger partial charge in [-0.25, -0.2) is 0 Å². The summed E-state index contributed by atoms with van der Waals surface area (Å²) in [5.74, 6) is 0.189. The van der Waals surface area contributed by atoms with Crippen molar-refractivity contribution in [2.75, 3.05) is 13.1 Å². The van der Waals surface area contributed by atoms with Gasteiger partial charge in [-0.2, -0.15) is 5.10 Å². The minimum Gasteiger partial charge on any atom is -0.488 e. The zero-order chi connectivity index (χ0) is 23.2. The van der Waals surface area contributed by atoms with Crippen LogP contribution in [0.25, 0.3) is 11.1 Å². The maximum Gasteiger partial charge on any atom is 0.255 e. The fourth-order valence-electron chi connectivity index (χ4n) is 3.97. The average Bonchev–Trinajstić information content (AvgIpc) is 3.29. The molecule has 0 aliphatic carbocycles. The number of carbonyl (C=O) groups is 2. The summed E-state index contributed by atoms with van der Waals surface area (Å²) in [6, 6.07) is 15.3. The third kappa shape index (κ3) is 5.49. The van der Waals surface area contributed by atoms with Crippen LogP contribution in [0.2, 0.25) is 0 Å². The molecule has 1 aliphatic rings. The van der Waals surface area contributed by atoms with Crippen LogP contribution >= 0.6 is 0 Å². The predicted octanol–water partition coefficient (Wildman–Crippen LogP) is 3.57. The Morgan fingerprint density at radius 2 is 2.03 bits per heavy atom. The van der Waals surface area contributed by atoms with Crippen molar-refractivity contribution < 1.29 is 14.3 Å². The number of benzene rings is 2. The highest BCUT2D eigenvalue weighted by Gasteiger charge is 2.25. The Hall–Kier alpha value is -3.87. The van der Waals surface area contributed by atoms with E-state index in [1.807, 2.05) is 55.7 Å². The third-order valence-corrected chi connectivity index (χ3v) is 5.72. The van der Waals surface area contributed by atoms with Crippen molar-refractivity contribution >= 4 is 11.8 Å². The van der Waals surface area contributed by atoms with Gasteiger partial charge in [0.15, 0.2) is 0 Å². The van der Waals surface area contributed by atoms with E-state index in [9.17, 15) is 9.59 Å². The first-order chi connectivity index (χ1) is 16.0. The van der Waals surface area contributed by atoms with Gasteiger partial charge in [-0.05, 0) is 42.2 Å². The highest BCUT2D eigenvalue weighted by Crippen LogP contribution is 2.29. The lowest BCUT2D eigenvalue weighted by Gasteiger charge is -2.32. The normalized spacial score (nSPS) is 15.7. The molecule has 1 N–H and O–H groups in total. The molecule has 0 radical (unpaired) electrons. The Labute approximate surface area is 193 Å². The molecule has 2 amide bonds. The van der Waals surface area contributed by atoms with Crippen LogP contribution in [-0.2, 0) is 18.4 Å². The van der Waals surface area contributed by atoms with Gasteiger partial charge >= 0.3 is 0 Å². The molecule has 2 aromatic carbocycles. The average molecular weight is 445 g/mol. The number of aromatic nitrogens is 2. The molecule has 7 nitrogen and oxygen atoms in total. The summed E-state index contributed by atoms with van der Waals surface area (Å²) < 4.78 is 8.07. The van der Waals surface area contributed by atoms with Gasteiger partial charge in [0.25, 0.3) is 5.91 Å². The molecule has 1 aliphatic heterocycles. The van der Waals surface area contributed by atoms with Crippen LogP contribution in [-0.4, -0.2) is 45.7 Å². The number of nitrogens with one attached hydrogen (secondary N) is 1. The lowest BCUT2D eigenvalue weighted by Crippen LogP contribution is -2.43. The molecular formula is C26H28N4O3. The van der Waals surface area contributed by atoms with Gasteiger partial charge in [0, 0.05) is 31.9 Å². The number of amides is 2. The Bertz CT molecular complexity index is 1140.